The molecule has 1 aromatic carbocycles. The van der Waals surface area contributed by atoms with Crippen LogP contribution in [0.4, 0.5) is 0 Å². The van der Waals surface area contributed by atoms with E-state index in [0.29, 0.717) is 0 Å². The normalized spacial score (nSPS) is 21.1. The number of hydrogen-bond acceptors (Lipinski definition) is 6. The Labute approximate surface area is 229 Å². The van der Waals surface area contributed by atoms with Crippen molar-refractivity contribution in [1.29, 1.82) is 0 Å². The van der Waals surface area contributed by atoms with E-state index in [-0.39, 0.29) is 17.3 Å². The zero-order valence-corrected chi connectivity index (χ0v) is 23.2. The fraction of sp³-hybridized carbons (Fsp3) is 0.438. The van der Waals surface area contributed by atoms with E-state index >= 15 is 0 Å². The maximum atomic E-state index is 12.7. The molecule has 39 heavy (non-hydrogen) atoms. The van der Waals surface area contributed by atoms with Crippen LogP contribution in [0.15, 0.2) is 55.0 Å². The van der Waals surface area contributed by atoms with Gasteiger partial charge in [0, 0.05) is 29.8 Å². The number of hydrogen-bond donors (Lipinski definition) is 0. The Morgan fingerprint density at radius 2 is 1.82 bits per heavy atom. The first-order chi connectivity index (χ1) is 18.8. The van der Waals surface area contributed by atoms with Gasteiger partial charge < -0.3 is 9.47 Å². The summed E-state index contributed by atoms with van der Waals surface area (Å²) in [5, 5.41) is 5.16. The first-order valence-corrected chi connectivity index (χ1v) is 13.9. The maximum Gasteiger partial charge on any atom is 0.309 e. The van der Waals surface area contributed by atoms with Gasteiger partial charge in [0.2, 0.25) is 0 Å². The maximum absolute atomic E-state index is 12.7. The average molecular weight is 525 g/mol. The number of esters is 1. The second kappa shape index (κ2) is 9.78. The van der Waals surface area contributed by atoms with Crippen molar-refractivity contribution in [3.05, 3.63) is 66.2 Å². The topological polar surface area (TPSA) is 78.6 Å². The lowest BCUT2D eigenvalue weighted by molar-refractivity contribution is -0.162. The molecule has 0 radical (unpaired) electrons. The number of benzene rings is 1. The summed E-state index contributed by atoms with van der Waals surface area (Å²) >= 11 is 0. The molecule has 6 rings (SSSR count). The van der Waals surface area contributed by atoms with Gasteiger partial charge in [0.25, 0.3) is 0 Å². The molecular weight excluding hydrogens is 488 g/mol. The molecule has 0 aliphatic heterocycles. The molecule has 1 saturated carbocycles. The number of carbonyl (C=O) groups excluding carboxylic acids is 1. The van der Waals surface area contributed by atoms with Gasteiger partial charge in [0.05, 0.1) is 18.6 Å². The summed E-state index contributed by atoms with van der Waals surface area (Å²) in [7, 11) is 1.68. The van der Waals surface area contributed by atoms with Crippen molar-refractivity contribution < 1.29 is 14.3 Å². The summed E-state index contributed by atoms with van der Waals surface area (Å²) in [6.45, 7) is 5.82. The highest BCUT2D eigenvalue weighted by Crippen LogP contribution is 2.48. The van der Waals surface area contributed by atoms with Crippen LogP contribution in [0.5, 0.6) is 5.75 Å². The van der Waals surface area contributed by atoms with Gasteiger partial charge in [0.15, 0.2) is 5.65 Å². The number of fused-ring (bicyclic) bond motifs is 3. The number of methoxy groups -OCH3 is 1. The molecule has 7 nitrogen and oxygen atoms in total. The Bertz CT molecular complexity index is 1510. The van der Waals surface area contributed by atoms with E-state index in [1.165, 1.54) is 11.3 Å². The molecule has 0 unspecified atom stereocenters. The number of ether oxygens (including phenoxy) is 2. The lowest BCUT2D eigenvalue weighted by Crippen LogP contribution is -2.37. The summed E-state index contributed by atoms with van der Waals surface area (Å²) in [4.78, 5) is 21.9. The van der Waals surface area contributed by atoms with Crippen LogP contribution in [0.3, 0.4) is 0 Å². The highest BCUT2D eigenvalue weighted by Gasteiger charge is 2.41. The Kier molecular flexibility index (Phi) is 6.40. The van der Waals surface area contributed by atoms with Crippen molar-refractivity contribution in [2.75, 3.05) is 7.11 Å². The van der Waals surface area contributed by atoms with E-state index in [1.54, 1.807) is 19.5 Å². The van der Waals surface area contributed by atoms with Crippen LogP contribution < -0.4 is 4.74 Å². The summed E-state index contributed by atoms with van der Waals surface area (Å²) in [6.07, 6.45) is 12.6. The van der Waals surface area contributed by atoms with Crippen LogP contribution in [0.2, 0.25) is 0 Å². The molecule has 0 N–H and O–H groups in total. The lowest BCUT2D eigenvalue weighted by Gasteiger charge is -2.43. The Morgan fingerprint density at radius 3 is 2.54 bits per heavy atom. The van der Waals surface area contributed by atoms with E-state index in [0.717, 1.165) is 78.7 Å². The summed E-state index contributed by atoms with van der Waals surface area (Å²) in [5.74, 6) is 0.771. The molecule has 3 heterocycles. The van der Waals surface area contributed by atoms with Gasteiger partial charge in [-0.1, -0.05) is 12.1 Å². The van der Waals surface area contributed by atoms with Gasteiger partial charge in [-0.3, -0.25) is 9.78 Å². The minimum atomic E-state index is -0.435. The fourth-order valence-electron chi connectivity index (χ4n) is 6.39. The highest BCUT2D eigenvalue weighted by molar-refractivity contribution is 5.90. The average Bonchev–Trinajstić information content (AvgIpc) is 3.33. The van der Waals surface area contributed by atoms with Crippen molar-refractivity contribution in [2.24, 2.45) is 11.3 Å². The van der Waals surface area contributed by atoms with Crippen LogP contribution in [0, 0.1) is 11.3 Å². The molecule has 1 fully saturated rings. The first-order valence-electron chi connectivity index (χ1n) is 13.9. The molecule has 7 heteroatoms. The quantitative estimate of drug-likeness (QED) is 0.285. The molecule has 0 atom stereocenters. The first kappa shape index (κ1) is 25.5. The van der Waals surface area contributed by atoms with Crippen molar-refractivity contribution in [2.45, 2.75) is 71.3 Å². The van der Waals surface area contributed by atoms with Gasteiger partial charge >= 0.3 is 5.97 Å². The summed E-state index contributed by atoms with van der Waals surface area (Å²) in [5.41, 5.74) is 7.08. The molecular formula is C32H36N4O3. The van der Waals surface area contributed by atoms with Crippen molar-refractivity contribution >= 4 is 11.6 Å². The van der Waals surface area contributed by atoms with Crippen molar-refractivity contribution in [3.63, 3.8) is 0 Å². The molecule has 0 bridgehead atoms. The van der Waals surface area contributed by atoms with Crippen LogP contribution >= 0.6 is 0 Å². The predicted octanol–water partition coefficient (Wildman–Crippen LogP) is 6.47. The van der Waals surface area contributed by atoms with E-state index in [1.807, 2.05) is 51.1 Å². The minimum Gasteiger partial charge on any atom is -0.497 e. The number of pyridine rings is 1. The number of nitrogens with zero attached hydrogens (tertiary/aromatic N) is 4. The highest BCUT2D eigenvalue weighted by atomic mass is 16.6. The zero-order valence-electron chi connectivity index (χ0n) is 23.2. The van der Waals surface area contributed by atoms with Gasteiger partial charge in [-0.05, 0) is 107 Å². The zero-order chi connectivity index (χ0) is 27.2. The van der Waals surface area contributed by atoms with Gasteiger partial charge in [-0.25, -0.2) is 9.50 Å². The van der Waals surface area contributed by atoms with E-state index in [4.69, 9.17) is 19.6 Å². The molecule has 2 aliphatic rings. The Balaban J connectivity index is 1.34. The SMILES string of the molecule is COc1cccc(-c2c(-c3ccncc3)nn3c4c(cnc23)CC2(CC4)CCC(C(=O)OC(C)(C)C)CC2)c1. The third-order valence-electron chi connectivity index (χ3n) is 8.39. The molecule has 0 saturated heterocycles. The number of aromatic nitrogens is 4. The van der Waals surface area contributed by atoms with E-state index in [9.17, 15) is 4.79 Å². The van der Waals surface area contributed by atoms with Crippen molar-refractivity contribution in [3.8, 4) is 28.1 Å². The lowest BCUT2D eigenvalue weighted by atomic mass is 9.63. The van der Waals surface area contributed by atoms with E-state index in [2.05, 4.69) is 21.8 Å². The second-order valence-electron chi connectivity index (χ2n) is 12.1. The third kappa shape index (κ3) is 4.90. The molecule has 3 aromatic heterocycles. The second-order valence-corrected chi connectivity index (χ2v) is 12.1. The number of aryl methyl sites for hydroxylation is 1. The number of carbonyl (C=O) groups is 1. The number of rotatable bonds is 4. The smallest absolute Gasteiger partial charge is 0.309 e. The van der Waals surface area contributed by atoms with Crippen LogP contribution in [0.25, 0.3) is 28.0 Å². The fourth-order valence-corrected chi connectivity index (χ4v) is 6.39. The molecule has 1 spiro atoms. The van der Waals surface area contributed by atoms with Crippen LogP contribution in [-0.4, -0.2) is 38.3 Å². The molecule has 202 valence electrons. The molecule has 2 aliphatic carbocycles. The van der Waals surface area contributed by atoms with Gasteiger partial charge in [0.1, 0.15) is 17.0 Å². The molecule has 4 aromatic rings. The minimum absolute atomic E-state index is 0.0105. The van der Waals surface area contributed by atoms with Gasteiger partial charge in [-0.2, -0.15) is 5.10 Å². The summed E-state index contributed by atoms with van der Waals surface area (Å²) < 4.78 is 13.3. The predicted molar refractivity (Wildman–Crippen MR) is 150 cm³/mol. The van der Waals surface area contributed by atoms with Crippen LogP contribution in [0.1, 0.15) is 64.1 Å². The van der Waals surface area contributed by atoms with Crippen LogP contribution in [-0.2, 0) is 22.4 Å². The molecule has 0 amide bonds. The Hall–Kier alpha value is -3.74. The third-order valence-corrected chi connectivity index (χ3v) is 8.39. The summed E-state index contributed by atoms with van der Waals surface area (Å²) in [6, 6.07) is 12.1. The standard InChI is InChI=1S/C32H36N4O3/c1-31(2,3)39-30(37)22-8-13-32(14-9-22)15-10-26-24(19-32)20-34-29-27(23-6-5-7-25(18-23)38-4)28(35-36(26)29)21-11-16-33-17-12-21/h5-7,11-12,16-18,20,22H,8-10,13-15,19H2,1-4H3. The monoisotopic (exact) mass is 524 g/mol. The Morgan fingerprint density at radius 1 is 1.05 bits per heavy atom. The van der Waals surface area contributed by atoms with E-state index < -0.39 is 5.60 Å². The van der Waals surface area contributed by atoms with Gasteiger partial charge in [-0.15, -0.1) is 0 Å². The van der Waals surface area contributed by atoms with Crippen molar-refractivity contribution in [1.82, 2.24) is 19.6 Å². The largest absolute Gasteiger partial charge is 0.497 e.